The van der Waals surface area contributed by atoms with Crippen LogP contribution < -0.4 is 16.4 Å². The number of aliphatic imine (C=N–C) groups is 1. The number of alkyl halides is 1. The van der Waals surface area contributed by atoms with Gasteiger partial charge in [0, 0.05) is 101 Å². The zero-order valence-corrected chi connectivity index (χ0v) is 47.3. The Hall–Kier alpha value is 3.70. The Balaban J connectivity index is -0.000000127. The van der Waals surface area contributed by atoms with Gasteiger partial charge in [-0.15, -0.1) is 19.1 Å². The number of hydrogen-bond acceptors (Lipinski definition) is 9. The standard InChI is InChI=1S/C13H15N3O2.C7H5NO3.C6H12N2.CH3I.5HI.2V.2Y/c1-3-12(10-14-4-2)15-9-11-6-5-7-13(8-11)16(17)18;9-5-6-2-1-3-7(4-6)8(10)11;1-3-6(7)5-8-4-2;1-2;;;;;;;;;/h5-9,12,14H,1-2,4,10H2;1-5H;6,8H,1-2,4-5,7H2;1H3;5*1H;;;;/q-2;;-2;;;;;;;+2;+3;;/p-5/t12-;;6-;;;;;;;;;;/m1.1........../s1. The van der Waals surface area contributed by atoms with Gasteiger partial charge in [0.05, 0.1) is 9.85 Å². The summed E-state index contributed by atoms with van der Waals surface area (Å²) in [6.07, 6.45) is 7.57. The van der Waals surface area contributed by atoms with Gasteiger partial charge in [-0.2, -0.15) is 0 Å². The molecule has 0 aliphatic heterocycles. The fourth-order valence-electron chi connectivity index (χ4n) is 2.35. The summed E-state index contributed by atoms with van der Waals surface area (Å²) in [6.45, 7) is 16.8. The second kappa shape index (κ2) is 48.7. The van der Waals surface area contributed by atoms with Crippen molar-refractivity contribution in [1.82, 2.24) is 10.6 Å². The van der Waals surface area contributed by atoms with Crippen LogP contribution in [0.4, 0.5) is 11.4 Å². The molecule has 0 spiro atoms. The molecule has 2 rings (SSSR count). The van der Waals surface area contributed by atoms with Crippen LogP contribution in [0.3, 0.4) is 0 Å². The van der Waals surface area contributed by atoms with E-state index in [1.807, 2.05) is 4.93 Å². The number of carbonyl (C=O) groups is 1. The average molecular weight is 1560 g/mol. The molecule has 0 fully saturated rings. The Labute approximate surface area is 415 Å². The first-order valence-electron chi connectivity index (χ1n) is 12.2. The minimum Gasteiger partial charge on any atom is 0 e. The molecular weight excluding hydrogens is 1530 g/mol. The summed E-state index contributed by atoms with van der Waals surface area (Å²) >= 11 is 14.3. The van der Waals surface area contributed by atoms with Crippen molar-refractivity contribution in [3.05, 3.63) is 119 Å². The Kier molecular flexibility index (Phi) is 64.6. The van der Waals surface area contributed by atoms with Crippen molar-refractivity contribution < 1.29 is 94.4 Å². The molecule has 4 N–H and O–H groups in total. The number of nitrogens with one attached hydrogen (secondary N) is 2. The van der Waals surface area contributed by atoms with Gasteiger partial charge in [0.25, 0.3) is 11.4 Å². The summed E-state index contributed by atoms with van der Waals surface area (Å²) in [7, 11) is 0.628. The number of aldehydes is 1. The number of nitrogens with zero attached hydrogens (tertiary/aromatic N) is 3. The molecule has 11 nitrogen and oxygen atoms in total. The molecule has 21 heteroatoms. The molecule has 2 radical (unpaired) electrons. The zero-order valence-electron chi connectivity index (χ0n) is 25.9. The molecule has 2 aromatic carbocycles. The number of non-ortho nitro benzene ring substituents is 2. The van der Waals surface area contributed by atoms with Crippen molar-refractivity contribution >= 4 is 146 Å². The molecule has 265 valence electrons. The smallest absolute Gasteiger partial charge is 0 e. The number of halogens is 6. The maximum absolute atomic E-state index is 10.6. The zero-order chi connectivity index (χ0) is 36.3. The van der Waals surface area contributed by atoms with E-state index in [9.17, 15) is 25.0 Å². The summed E-state index contributed by atoms with van der Waals surface area (Å²) < 4.78 is 0. The largest absolute Gasteiger partial charge is 0 e. The number of nitrogens with two attached hydrogens (primary N) is 1. The van der Waals surface area contributed by atoms with E-state index >= 15 is 0 Å². The van der Waals surface area contributed by atoms with E-state index in [1.165, 1.54) is 36.4 Å². The number of nitro benzene ring substituents is 2. The third-order valence-corrected chi connectivity index (χ3v) is 4.25. The first-order chi connectivity index (χ1) is 21.9. The topological polar surface area (TPSA) is 166 Å². The molecule has 0 bridgehead atoms. The van der Waals surface area contributed by atoms with Crippen LogP contribution in [0.25, 0.3) is 0 Å². The SMILES string of the molecule is C=[C-][C@@H](N)CNC[CH2-].C=[C-][C@H](CNC[CH2-])N=Cc1cccc([N+](=O)[O-])c1.CI.O=Cc1cccc([N+](=O)[O-])c1.[I][V]([I])[I].[I][V][I].[Y].[Y]. The van der Waals surface area contributed by atoms with Crippen molar-refractivity contribution in [2.75, 3.05) is 31.1 Å². The van der Waals surface area contributed by atoms with Crippen molar-refractivity contribution in [1.29, 1.82) is 0 Å². The number of carbonyl (C=O) groups excluding carboxylic acids is 1. The number of hydrogen-bond donors (Lipinski definition) is 3. The molecule has 0 saturated carbocycles. The Morgan fingerprint density at radius 2 is 1.33 bits per heavy atom. The van der Waals surface area contributed by atoms with Gasteiger partial charge in [0.2, 0.25) is 0 Å². The molecule has 2 atom stereocenters. The summed E-state index contributed by atoms with van der Waals surface area (Å²) in [5.41, 5.74) is 6.38. The first-order valence-corrected chi connectivity index (χ1v) is 36.9. The molecule has 0 heterocycles. The molecule has 0 aliphatic rings. The van der Waals surface area contributed by atoms with Gasteiger partial charge in [0.15, 0.2) is 0 Å². The fraction of sp³-hybridized carbons (Fsp3) is 0.259. The van der Waals surface area contributed by atoms with Crippen LogP contribution in [-0.4, -0.2) is 65.5 Å². The Bertz CT molecular complexity index is 1140. The minimum atomic E-state index is -0.535. The van der Waals surface area contributed by atoms with Crippen molar-refractivity contribution in [3.63, 3.8) is 0 Å². The van der Waals surface area contributed by atoms with E-state index in [1.54, 1.807) is 18.3 Å². The number of benzene rings is 2. The second-order valence-corrected chi connectivity index (χ2v) is 54.5. The Morgan fingerprint density at radius 1 is 0.938 bits per heavy atom. The van der Waals surface area contributed by atoms with E-state index in [-0.39, 0.29) is 93.8 Å². The van der Waals surface area contributed by atoms with E-state index in [0.717, 1.165) is 0 Å². The summed E-state index contributed by atoms with van der Waals surface area (Å²) in [5.74, 6) is 0. The third-order valence-electron chi connectivity index (χ3n) is 4.25. The summed E-state index contributed by atoms with van der Waals surface area (Å²) in [5, 5.41) is 26.8. The van der Waals surface area contributed by atoms with Crippen molar-refractivity contribution in [2.24, 2.45) is 10.7 Å². The number of nitro groups is 2. The second-order valence-electron chi connectivity index (χ2n) is 7.29. The van der Waals surface area contributed by atoms with E-state index < -0.39 is 9.85 Å². The Morgan fingerprint density at radius 3 is 1.69 bits per heavy atom. The summed E-state index contributed by atoms with van der Waals surface area (Å²) in [4.78, 5) is 35.9. The van der Waals surface area contributed by atoms with E-state index in [0.29, 0.717) is 53.1 Å². The monoisotopic (exact) mass is 1560 g/mol. The van der Waals surface area contributed by atoms with E-state index in [4.69, 9.17) is 5.73 Å². The maximum Gasteiger partial charge on any atom is 0 e. The van der Waals surface area contributed by atoms with Crippen LogP contribution in [-0.2, 0) is 79.8 Å². The first kappa shape index (κ1) is 63.6. The van der Waals surface area contributed by atoms with Gasteiger partial charge in [-0.25, -0.2) is 0 Å². The molecule has 0 aromatic heterocycles. The fourth-order valence-corrected chi connectivity index (χ4v) is 2.35. The van der Waals surface area contributed by atoms with Crippen LogP contribution >= 0.6 is 122 Å². The molecule has 0 unspecified atom stereocenters. The van der Waals surface area contributed by atoms with Crippen molar-refractivity contribution in [2.45, 2.75) is 12.1 Å². The van der Waals surface area contributed by atoms with Crippen molar-refractivity contribution in [3.8, 4) is 0 Å². The average Bonchev–Trinajstić information content (AvgIpc) is 3.05. The predicted molar refractivity (Wildman–Crippen MR) is 235 cm³/mol. The summed E-state index contributed by atoms with van der Waals surface area (Å²) in [6, 6.07) is 11.6. The van der Waals surface area contributed by atoms with Crippen LogP contribution in [0.15, 0.2) is 66.7 Å². The van der Waals surface area contributed by atoms with Gasteiger partial charge in [-0.05, 0) is 23.6 Å². The van der Waals surface area contributed by atoms with Crippen LogP contribution in [0.5, 0.6) is 0 Å². The molecule has 0 saturated heterocycles. The van der Waals surface area contributed by atoms with Gasteiger partial charge in [0.1, 0.15) is 6.29 Å². The normalized spacial score (nSPS) is 10.1. The van der Waals surface area contributed by atoms with Gasteiger partial charge in [-0.1, -0.05) is 52.9 Å². The molecule has 0 aliphatic carbocycles. The predicted octanol–water partition coefficient (Wildman–Crippen LogP) is 8.40. The third kappa shape index (κ3) is 45.9. The molecule has 0 amide bonds. The van der Waals surface area contributed by atoms with E-state index in [2.05, 4.69) is 177 Å². The molecular formula is C27H35I6N6O5V2Y2-4. The molecule has 2 aromatic rings. The van der Waals surface area contributed by atoms with Crippen LogP contribution in [0, 0.1) is 46.2 Å². The van der Waals surface area contributed by atoms with Crippen LogP contribution in [0.2, 0.25) is 0 Å². The maximum atomic E-state index is 10.6. The van der Waals surface area contributed by atoms with Gasteiger partial charge in [-0.3, -0.25) is 38.2 Å². The van der Waals surface area contributed by atoms with Gasteiger partial charge < -0.3 is 47.4 Å². The number of rotatable bonds is 13. The quantitative estimate of drug-likeness (QED) is 0.0342. The van der Waals surface area contributed by atoms with Crippen LogP contribution in [0.1, 0.15) is 15.9 Å². The molecule has 48 heavy (non-hydrogen) atoms. The minimum absolute atomic E-state index is 0. The van der Waals surface area contributed by atoms with Gasteiger partial charge >= 0.3 is 114 Å².